The zero-order valence-corrected chi connectivity index (χ0v) is 24.7. The minimum absolute atomic E-state index is 0.0195. The third-order valence-corrected chi connectivity index (χ3v) is 6.65. The fourth-order valence-electron chi connectivity index (χ4n) is 4.25. The van der Waals surface area contributed by atoms with Gasteiger partial charge in [-0.3, -0.25) is 0 Å². The number of rotatable bonds is 31. The molecule has 0 radical (unpaired) electrons. The molecule has 4 heteroatoms. The highest BCUT2D eigenvalue weighted by atomic mass is 16.7. The fourth-order valence-corrected chi connectivity index (χ4v) is 4.25. The van der Waals surface area contributed by atoms with Crippen LogP contribution in [0.1, 0.15) is 162 Å². The van der Waals surface area contributed by atoms with E-state index in [2.05, 4.69) is 26.8 Å². The van der Waals surface area contributed by atoms with Gasteiger partial charge in [-0.25, -0.2) is 0 Å². The summed E-state index contributed by atoms with van der Waals surface area (Å²) in [5.41, 5.74) is 0. The number of hydrogen-bond donors (Lipinski definition) is 0. The first-order chi connectivity index (χ1) is 17.8. The Hall–Kier alpha value is -0.580. The lowest BCUT2D eigenvalue weighted by atomic mass is 10.1. The van der Waals surface area contributed by atoms with Crippen molar-refractivity contribution >= 4 is 0 Å². The van der Waals surface area contributed by atoms with Crippen LogP contribution in [0, 0.1) is 0 Å². The zero-order valence-electron chi connectivity index (χ0n) is 24.7. The van der Waals surface area contributed by atoms with Crippen LogP contribution in [0.2, 0.25) is 0 Å². The van der Waals surface area contributed by atoms with Gasteiger partial charge in [0.2, 0.25) is 0 Å². The molecule has 0 rings (SSSR count). The van der Waals surface area contributed by atoms with Gasteiger partial charge in [-0.05, 0) is 51.0 Å². The van der Waals surface area contributed by atoms with Crippen molar-refractivity contribution in [2.45, 2.75) is 168 Å². The summed E-state index contributed by atoms with van der Waals surface area (Å²) in [7, 11) is 0. The van der Waals surface area contributed by atoms with Crippen LogP contribution in [-0.4, -0.2) is 32.9 Å². The van der Waals surface area contributed by atoms with Crippen molar-refractivity contribution in [2.75, 3.05) is 26.6 Å². The Bertz CT molecular complexity index is 401. The lowest BCUT2D eigenvalue weighted by Crippen LogP contribution is -2.19. The second-order valence-corrected chi connectivity index (χ2v) is 10.3. The maximum absolute atomic E-state index is 6.03. The Morgan fingerprint density at radius 1 is 0.500 bits per heavy atom. The van der Waals surface area contributed by atoms with Crippen LogP contribution in [-0.2, 0) is 18.9 Å². The monoisotopic (exact) mass is 512 g/mol. The van der Waals surface area contributed by atoms with E-state index in [1.165, 1.54) is 109 Å². The van der Waals surface area contributed by atoms with E-state index in [0.717, 1.165) is 51.9 Å². The highest BCUT2D eigenvalue weighted by molar-refractivity contribution is 4.72. The Labute approximate surface area is 226 Å². The SMILES string of the molecule is CCCCCCCOCOC=CCCCCCCCCCCCC(OCCCCC)OCCCCC. The van der Waals surface area contributed by atoms with Crippen molar-refractivity contribution in [3.05, 3.63) is 12.3 Å². The average Bonchev–Trinajstić information content (AvgIpc) is 2.89. The number of unbranched alkanes of at least 4 members (excludes halogenated alkanes) is 17. The van der Waals surface area contributed by atoms with Gasteiger partial charge in [0.15, 0.2) is 13.1 Å². The van der Waals surface area contributed by atoms with Crippen LogP contribution in [0.5, 0.6) is 0 Å². The molecule has 0 fully saturated rings. The average molecular weight is 513 g/mol. The highest BCUT2D eigenvalue weighted by Crippen LogP contribution is 2.14. The Morgan fingerprint density at radius 3 is 1.58 bits per heavy atom. The van der Waals surface area contributed by atoms with E-state index in [0.29, 0.717) is 6.79 Å². The van der Waals surface area contributed by atoms with E-state index in [9.17, 15) is 0 Å². The molecule has 0 spiro atoms. The predicted octanol–water partition coefficient (Wildman–Crippen LogP) is 10.5. The molecule has 0 atom stereocenters. The van der Waals surface area contributed by atoms with Crippen molar-refractivity contribution in [1.29, 1.82) is 0 Å². The molecule has 0 aliphatic rings. The summed E-state index contributed by atoms with van der Waals surface area (Å²) in [4.78, 5) is 0. The topological polar surface area (TPSA) is 36.9 Å². The van der Waals surface area contributed by atoms with Crippen molar-refractivity contribution in [2.24, 2.45) is 0 Å². The quantitative estimate of drug-likeness (QED) is 0.0526. The molecule has 0 saturated carbocycles. The van der Waals surface area contributed by atoms with Crippen molar-refractivity contribution in [1.82, 2.24) is 0 Å². The van der Waals surface area contributed by atoms with Crippen LogP contribution < -0.4 is 0 Å². The summed E-state index contributed by atoms with van der Waals surface area (Å²) in [5, 5.41) is 0. The molecule has 0 aliphatic heterocycles. The van der Waals surface area contributed by atoms with Gasteiger partial charge in [-0.2, -0.15) is 0 Å². The summed E-state index contributed by atoms with van der Waals surface area (Å²) in [6.07, 6.45) is 31.7. The first-order valence-corrected chi connectivity index (χ1v) is 15.9. The first-order valence-electron chi connectivity index (χ1n) is 15.9. The summed E-state index contributed by atoms with van der Waals surface area (Å²) < 4.78 is 23.0. The molecule has 0 bridgehead atoms. The smallest absolute Gasteiger partial charge is 0.188 e. The van der Waals surface area contributed by atoms with Crippen molar-refractivity contribution in [3.63, 3.8) is 0 Å². The largest absolute Gasteiger partial charge is 0.475 e. The van der Waals surface area contributed by atoms with Gasteiger partial charge in [-0.1, -0.05) is 117 Å². The molecule has 0 aliphatic carbocycles. The Kier molecular flexibility index (Phi) is 31.9. The zero-order chi connectivity index (χ0) is 26.2. The Morgan fingerprint density at radius 2 is 0.972 bits per heavy atom. The van der Waals surface area contributed by atoms with Gasteiger partial charge in [0, 0.05) is 13.2 Å². The van der Waals surface area contributed by atoms with Crippen LogP contribution in [0.3, 0.4) is 0 Å². The molecule has 0 aromatic heterocycles. The molecule has 0 unspecified atom stereocenters. The molecule has 0 amide bonds. The lowest BCUT2D eigenvalue weighted by Gasteiger charge is -2.18. The molecule has 216 valence electrons. The third-order valence-electron chi connectivity index (χ3n) is 6.65. The molecule has 0 N–H and O–H groups in total. The number of ether oxygens (including phenoxy) is 4. The summed E-state index contributed by atoms with van der Waals surface area (Å²) in [6, 6.07) is 0. The van der Waals surface area contributed by atoms with Gasteiger partial charge in [0.25, 0.3) is 0 Å². The van der Waals surface area contributed by atoms with Crippen molar-refractivity contribution < 1.29 is 18.9 Å². The van der Waals surface area contributed by atoms with E-state index >= 15 is 0 Å². The van der Waals surface area contributed by atoms with Crippen LogP contribution >= 0.6 is 0 Å². The molecule has 0 heterocycles. The first kappa shape index (κ1) is 35.4. The second-order valence-electron chi connectivity index (χ2n) is 10.3. The Balaban J connectivity index is 3.44. The van der Waals surface area contributed by atoms with Crippen LogP contribution in [0.15, 0.2) is 12.3 Å². The molecular formula is C32H64O4. The fraction of sp³-hybridized carbons (Fsp3) is 0.938. The molecule has 4 nitrogen and oxygen atoms in total. The normalized spacial score (nSPS) is 11.8. The summed E-state index contributed by atoms with van der Waals surface area (Å²) in [6.45, 7) is 9.63. The van der Waals surface area contributed by atoms with Crippen molar-refractivity contribution in [3.8, 4) is 0 Å². The van der Waals surface area contributed by atoms with Gasteiger partial charge in [0.1, 0.15) is 0 Å². The van der Waals surface area contributed by atoms with E-state index < -0.39 is 0 Å². The third kappa shape index (κ3) is 29.6. The summed E-state index contributed by atoms with van der Waals surface area (Å²) >= 11 is 0. The lowest BCUT2D eigenvalue weighted by molar-refractivity contribution is -0.148. The van der Waals surface area contributed by atoms with E-state index in [1.54, 1.807) is 0 Å². The minimum Gasteiger partial charge on any atom is -0.475 e. The van der Waals surface area contributed by atoms with Crippen LogP contribution in [0.4, 0.5) is 0 Å². The van der Waals surface area contributed by atoms with E-state index in [4.69, 9.17) is 18.9 Å². The minimum atomic E-state index is 0.0195. The van der Waals surface area contributed by atoms with Gasteiger partial charge in [0.05, 0.1) is 12.9 Å². The molecule has 36 heavy (non-hydrogen) atoms. The molecule has 0 saturated heterocycles. The highest BCUT2D eigenvalue weighted by Gasteiger charge is 2.09. The maximum Gasteiger partial charge on any atom is 0.188 e. The number of allylic oxidation sites excluding steroid dienone is 1. The van der Waals surface area contributed by atoms with Crippen LogP contribution in [0.25, 0.3) is 0 Å². The molecule has 0 aromatic rings. The molecule has 0 aromatic carbocycles. The summed E-state index contributed by atoms with van der Waals surface area (Å²) in [5.74, 6) is 0. The van der Waals surface area contributed by atoms with Gasteiger partial charge < -0.3 is 18.9 Å². The number of hydrogen-bond acceptors (Lipinski definition) is 4. The van der Waals surface area contributed by atoms with E-state index in [1.807, 2.05) is 6.26 Å². The maximum atomic E-state index is 6.03. The van der Waals surface area contributed by atoms with Gasteiger partial charge >= 0.3 is 0 Å². The van der Waals surface area contributed by atoms with E-state index in [-0.39, 0.29) is 6.29 Å². The predicted molar refractivity (Wildman–Crippen MR) is 155 cm³/mol. The standard InChI is InChI=1S/C32H64O4/c1-4-7-10-19-24-27-33-31-34-28-25-20-17-15-13-11-12-14-16-18-21-26-32(35-29-22-8-5-2)36-30-23-9-6-3/h25,28,32H,4-24,26-27,29-31H2,1-3H3. The molecular weight excluding hydrogens is 448 g/mol. The second kappa shape index (κ2) is 32.4. The van der Waals surface area contributed by atoms with Gasteiger partial charge in [-0.15, -0.1) is 0 Å².